The second-order valence-electron chi connectivity index (χ2n) is 4.11. The highest BCUT2D eigenvalue weighted by Gasteiger charge is 2.40. The summed E-state index contributed by atoms with van der Waals surface area (Å²) in [5.41, 5.74) is 6.88. The molecule has 15 heavy (non-hydrogen) atoms. The monoisotopic (exact) mass is 206 g/mol. The molecule has 1 aromatic rings. The van der Waals surface area contributed by atoms with E-state index in [1.165, 1.54) is 0 Å². The van der Waals surface area contributed by atoms with Crippen molar-refractivity contribution < 1.29 is 4.74 Å². The molecule has 1 heterocycles. The van der Waals surface area contributed by atoms with Gasteiger partial charge in [-0.3, -0.25) is 0 Å². The highest BCUT2D eigenvalue weighted by molar-refractivity contribution is 5.46. The van der Waals surface area contributed by atoms with Gasteiger partial charge in [-0.2, -0.15) is 0 Å². The summed E-state index contributed by atoms with van der Waals surface area (Å²) in [6.07, 6.45) is 1.14. The van der Waals surface area contributed by atoms with Crippen molar-refractivity contribution in [3.8, 4) is 0 Å². The Balaban J connectivity index is 2.15. The summed E-state index contributed by atoms with van der Waals surface area (Å²) >= 11 is 0. The van der Waals surface area contributed by atoms with E-state index in [1.54, 1.807) is 0 Å². The number of benzene rings is 1. The molecule has 1 fully saturated rings. The van der Waals surface area contributed by atoms with Crippen LogP contribution in [0.25, 0.3) is 0 Å². The van der Waals surface area contributed by atoms with Crippen LogP contribution in [0, 0.1) is 0 Å². The molecule has 0 spiro atoms. The third-order valence-corrected chi connectivity index (χ3v) is 3.23. The van der Waals surface area contributed by atoms with Crippen molar-refractivity contribution in [1.29, 1.82) is 0 Å². The van der Waals surface area contributed by atoms with Crippen molar-refractivity contribution in [2.75, 3.05) is 18.5 Å². The van der Waals surface area contributed by atoms with Gasteiger partial charge in [0.05, 0.1) is 11.6 Å². The maximum atomic E-state index is 5.86. The fourth-order valence-electron chi connectivity index (χ4n) is 2.07. The zero-order chi connectivity index (χ0) is 10.7. The fraction of sp³-hybridized carbons (Fsp3) is 0.500. The Morgan fingerprint density at radius 1 is 1.47 bits per heavy atom. The molecule has 2 atom stereocenters. The van der Waals surface area contributed by atoms with Crippen molar-refractivity contribution in [3.05, 3.63) is 30.3 Å². The van der Waals surface area contributed by atoms with Crippen LogP contribution < -0.4 is 11.1 Å². The molecule has 2 unspecified atom stereocenters. The minimum Gasteiger partial charge on any atom is -0.376 e. The third-order valence-electron chi connectivity index (χ3n) is 3.23. The standard InChI is InChI=1S/C12H18N2O/c1-10-12(9-13,7-8-15-10)14-11-5-3-2-4-6-11/h2-6,10,14H,7-9,13H2,1H3. The Labute approximate surface area is 90.6 Å². The number of para-hydroxylation sites is 1. The number of anilines is 1. The van der Waals surface area contributed by atoms with Gasteiger partial charge in [-0.05, 0) is 25.5 Å². The van der Waals surface area contributed by atoms with Gasteiger partial charge in [0.1, 0.15) is 0 Å². The summed E-state index contributed by atoms with van der Waals surface area (Å²) in [7, 11) is 0. The first-order chi connectivity index (χ1) is 7.27. The molecule has 0 aromatic heterocycles. The molecular formula is C12H18N2O. The summed E-state index contributed by atoms with van der Waals surface area (Å²) in [4.78, 5) is 0. The second-order valence-corrected chi connectivity index (χ2v) is 4.11. The van der Waals surface area contributed by atoms with Crippen molar-refractivity contribution in [3.63, 3.8) is 0 Å². The van der Waals surface area contributed by atoms with Crippen LogP contribution in [0.3, 0.4) is 0 Å². The largest absolute Gasteiger partial charge is 0.376 e. The molecule has 2 rings (SSSR count). The lowest BCUT2D eigenvalue weighted by molar-refractivity contribution is 0.103. The van der Waals surface area contributed by atoms with E-state index in [1.807, 2.05) is 18.2 Å². The third kappa shape index (κ3) is 1.98. The minimum absolute atomic E-state index is 0.0959. The van der Waals surface area contributed by atoms with Gasteiger partial charge in [0.2, 0.25) is 0 Å². The summed E-state index contributed by atoms with van der Waals surface area (Å²) in [5.74, 6) is 0. The molecule has 0 saturated carbocycles. The van der Waals surface area contributed by atoms with Crippen LogP contribution >= 0.6 is 0 Å². The number of ether oxygens (including phenoxy) is 1. The van der Waals surface area contributed by atoms with Crippen molar-refractivity contribution in [1.82, 2.24) is 0 Å². The molecule has 1 aromatic carbocycles. The van der Waals surface area contributed by atoms with Gasteiger partial charge in [-0.25, -0.2) is 0 Å². The van der Waals surface area contributed by atoms with Crippen molar-refractivity contribution in [2.45, 2.75) is 25.0 Å². The summed E-state index contributed by atoms with van der Waals surface area (Å²) < 4.78 is 5.59. The molecule has 0 bridgehead atoms. The lowest BCUT2D eigenvalue weighted by atomic mass is 9.92. The molecule has 3 heteroatoms. The molecule has 0 aliphatic carbocycles. The Morgan fingerprint density at radius 3 is 2.73 bits per heavy atom. The van der Waals surface area contributed by atoms with Gasteiger partial charge in [0, 0.05) is 18.8 Å². The van der Waals surface area contributed by atoms with Crippen molar-refractivity contribution >= 4 is 5.69 Å². The van der Waals surface area contributed by atoms with Gasteiger partial charge in [0.15, 0.2) is 0 Å². The molecule has 1 aliphatic rings. The van der Waals surface area contributed by atoms with Crippen LogP contribution in [0.1, 0.15) is 13.3 Å². The van der Waals surface area contributed by atoms with Crippen LogP contribution in [0.15, 0.2) is 30.3 Å². The number of hydrogen-bond acceptors (Lipinski definition) is 3. The summed E-state index contributed by atoms with van der Waals surface area (Å²) in [6, 6.07) is 10.2. The molecule has 0 amide bonds. The Kier molecular flexibility index (Phi) is 2.93. The number of nitrogens with one attached hydrogen (secondary N) is 1. The van der Waals surface area contributed by atoms with E-state index < -0.39 is 0 Å². The first kappa shape index (κ1) is 10.5. The zero-order valence-electron chi connectivity index (χ0n) is 9.07. The fourth-order valence-corrected chi connectivity index (χ4v) is 2.07. The average Bonchev–Trinajstić information content (AvgIpc) is 2.62. The first-order valence-electron chi connectivity index (χ1n) is 5.42. The Morgan fingerprint density at radius 2 is 2.20 bits per heavy atom. The van der Waals surface area contributed by atoms with E-state index in [4.69, 9.17) is 10.5 Å². The number of nitrogens with two attached hydrogens (primary N) is 1. The van der Waals surface area contributed by atoms with E-state index >= 15 is 0 Å². The Bertz CT molecular complexity index is 315. The van der Waals surface area contributed by atoms with E-state index in [0.717, 1.165) is 18.7 Å². The summed E-state index contributed by atoms with van der Waals surface area (Å²) in [5, 5.41) is 3.50. The number of rotatable bonds is 3. The molecule has 1 aliphatic heterocycles. The average molecular weight is 206 g/mol. The molecule has 82 valence electrons. The van der Waals surface area contributed by atoms with Gasteiger partial charge >= 0.3 is 0 Å². The number of hydrogen-bond donors (Lipinski definition) is 2. The maximum Gasteiger partial charge on any atom is 0.0789 e. The van der Waals surface area contributed by atoms with Crippen LogP contribution in [0.5, 0.6) is 0 Å². The van der Waals surface area contributed by atoms with Gasteiger partial charge in [-0.15, -0.1) is 0 Å². The van der Waals surface area contributed by atoms with E-state index in [2.05, 4.69) is 24.4 Å². The predicted octanol–water partition coefficient (Wildman–Crippen LogP) is 1.60. The van der Waals surface area contributed by atoms with E-state index in [0.29, 0.717) is 6.54 Å². The highest BCUT2D eigenvalue weighted by Crippen LogP contribution is 2.28. The van der Waals surface area contributed by atoms with Crippen LogP contribution in [0.4, 0.5) is 5.69 Å². The molecule has 3 nitrogen and oxygen atoms in total. The lowest BCUT2D eigenvalue weighted by Crippen LogP contribution is -2.50. The molecular weight excluding hydrogens is 188 g/mol. The van der Waals surface area contributed by atoms with Gasteiger partial charge in [-0.1, -0.05) is 18.2 Å². The first-order valence-corrected chi connectivity index (χ1v) is 5.42. The quantitative estimate of drug-likeness (QED) is 0.789. The molecule has 1 saturated heterocycles. The SMILES string of the molecule is CC1OCCC1(CN)Nc1ccccc1. The van der Waals surface area contributed by atoms with Crippen LogP contribution in [0.2, 0.25) is 0 Å². The van der Waals surface area contributed by atoms with Crippen molar-refractivity contribution in [2.24, 2.45) is 5.73 Å². The van der Waals surface area contributed by atoms with Gasteiger partial charge < -0.3 is 15.8 Å². The normalized spacial score (nSPS) is 30.4. The smallest absolute Gasteiger partial charge is 0.0789 e. The second kappa shape index (κ2) is 4.21. The topological polar surface area (TPSA) is 47.3 Å². The predicted molar refractivity (Wildman–Crippen MR) is 61.9 cm³/mol. The minimum atomic E-state index is -0.0959. The molecule has 0 radical (unpaired) electrons. The van der Waals surface area contributed by atoms with Crippen LogP contribution in [-0.2, 0) is 4.74 Å². The highest BCUT2D eigenvalue weighted by atomic mass is 16.5. The van der Waals surface area contributed by atoms with E-state index in [-0.39, 0.29) is 11.6 Å². The van der Waals surface area contributed by atoms with E-state index in [9.17, 15) is 0 Å². The Hall–Kier alpha value is -1.06. The van der Waals surface area contributed by atoms with Crippen LogP contribution in [-0.4, -0.2) is 24.8 Å². The van der Waals surface area contributed by atoms with Gasteiger partial charge in [0.25, 0.3) is 0 Å². The molecule has 3 N–H and O–H groups in total. The maximum absolute atomic E-state index is 5.86. The zero-order valence-corrected chi connectivity index (χ0v) is 9.07. The summed E-state index contributed by atoms with van der Waals surface area (Å²) in [6.45, 7) is 3.47. The lowest BCUT2D eigenvalue weighted by Gasteiger charge is -2.33.